The second-order valence-electron chi connectivity index (χ2n) is 8.61. The molecule has 0 radical (unpaired) electrons. The van der Waals surface area contributed by atoms with Crippen molar-refractivity contribution in [3.63, 3.8) is 0 Å². The van der Waals surface area contributed by atoms with Gasteiger partial charge in [-0.1, -0.05) is 18.9 Å². The summed E-state index contributed by atoms with van der Waals surface area (Å²) in [5.74, 6) is 1.93. The van der Waals surface area contributed by atoms with Crippen LogP contribution in [0, 0.1) is 11.3 Å². The van der Waals surface area contributed by atoms with Crippen molar-refractivity contribution in [1.29, 1.82) is 0 Å². The third-order valence-corrected chi connectivity index (χ3v) is 7.69. The third kappa shape index (κ3) is 5.38. The molecule has 3 fully saturated rings. The topological polar surface area (TPSA) is 30.9 Å². The van der Waals surface area contributed by atoms with Gasteiger partial charge in [0.2, 0.25) is 0 Å². The Labute approximate surface area is 185 Å². The minimum atomic E-state index is 0. The first kappa shape index (κ1) is 21.4. The van der Waals surface area contributed by atoms with Crippen LogP contribution in [0.1, 0.15) is 49.8 Å². The molecule has 3 heterocycles. The van der Waals surface area contributed by atoms with Crippen LogP contribution in [0.25, 0.3) is 0 Å². The van der Waals surface area contributed by atoms with Gasteiger partial charge in [-0.15, -0.1) is 35.3 Å². The molecule has 6 heteroatoms. The number of nitrogens with zero attached hydrogens (tertiary/aromatic N) is 3. The number of likely N-dealkylation sites (tertiary alicyclic amines) is 2. The number of nitrogens with one attached hydrogen (secondary N) is 1. The van der Waals surface area contributed by atoms with E-state index in [-0.39, 0.29) is 24.0 Å². The summed E-state index contributed by atoms with van der Waals surface area (Å²) < 4.78 is 0. The van der Waals surface area contributed by atoms with Crippen molar-refractivity contribution in [2.24, 2.45) is 16.3 Å². The highest BCUT2D eigenvalue weighted by Gasteiger charge is 2.41. The summed E-state index contributed by atoms with van der Waals surface area (Å²) >= 11 is 1.88. The van der Waals surface area contributed by atoms with Gasteiger partial charge in [0.15, 0.2) is 5.96 Å². The summed E-state index contributed by atoms with van der Waals surface area (Å²) in [6, 6.07) is 4.42. The number of thiophene rings is 1. The number of guanidine groups is 1. The molecule has 1 spiro atoms. The van der Waals surface area contributed by atoms with Crippen LogP contribution < -0.4 is 5.32 Å². The Morgan fingerprint density at radius 1 is 1.22 bits per heavy atom. The first-order valence-corrected chi connectivity index (χ1v) is 11.3. The summed E-state index contributed by atoms with van der Waals surface area (Å²) in [7, 11) is 1.95. The van der Waals surface area contributed by atoms with Crippen molar-refractivity contribution >= 4 is 41.3 Å². The first-order valence-electron chi connectivity index (χ1n) is 10.5. The van der Waals surface area contributed by atoms with Crippen LogP contribution in [0.15, 0.2) is 22.5 Å². The SMILES string of the molecule is CN=C(NCC1CCN(Cc2cccs2)CC1)N1CCC2(CCCC2)C1.I. The number of aliphatic imine (C=N–C) groups is 1. The van der Waals surface area contributed by atoms with Crippen molar-refractivity contribution in [3.8, 4) is 0 Å². The molecule has 1 N–H and O–H groups in total. The van der Waals surface area contributed by atoms with Crippen LogP contribution in [-0.2, 0) is 6.54 Å². The van der Waals surface area contributed by atoms with E-state index in [4.69, 9.17) is 0 Å². The predicted octanol–water partition coefficient (Wildman–Crippen LogP) is 4.42. The van der Waals surface area contributed by atoms with Gasteiger partial charge in [0.25, 0.3) is 0 Å². The van der Waals surface area contributed by atoms with E-state index in [2.05, 4.69) is 37.6 Å². The first-order chi connectivity index (χ1) is 12.8. The number of hydrogen-bond acceptors (Lipinski definition) is 3. The highest BCUT2D eigenvalue weighted by molar-refractivity contribution is 14.0. The molecular weight excluding hydrogens is 467 g/mol. The number of hydrogen-bond donors (Lipinski definition) is 1. The Kier molecular flexibility index (Phi) is 7.85. The molecule has 4 nitrogen and oxygen atoms in total. The van der Waals surface area contributed by atoms with Crippen molar-refractivity contribution < 1.29 is 0 Å². The molecule has 1 aromatic rings. The lowest BCUT2D eigenvalue weighted by Crippen LogP contribution is -2.44. The smallest absolute Gasteiger partial charge is 0.193 e. The van der Waals surface area contributed by atoms with Crippen molar-refractivity contribution in [3.05, 3.63) is 22.4 Å². The molecule has 1 aromatic heterocycles. The van der Waals surface area contributed by atoms with Crippen LogP contribution in [0.2, 0.25) is 0 Å². The van der Waals surface area contributed by atoms with Gasteiger partial charge >= 0.3 is 0 Å². The average Bonchev–Trinajstić information content (AvgIpc) is 3.41. The van der Waals surface area contributed by atoms with Crippen LogP contribution >= 0.6 is 35.3 Å². The predicted molar refractivity (Wildman–Crippen MR) is 126 cm³/mol. The Morgan fingerprint density at radius 2 is 2.00 bits per heavy atom. The molecule has 2 aliphatic heterocycles. The molecule has 3 aliphatic rings. The van der Waals surface area contributed by atoms with Gasteiger partial charge in [-0.05, 0) is 68.0 Å². The molecule has 0 amide bonds. The molecule has 0 bridgehead atoms. The highest BCUT2D eigenvalue weighted by atomic mass is 127. The zero-order valence-electron chi connectivity index (χ0n) is 16.7. The monoisotopic (exact) mass is 502 g/mol. The summed E-state index contributed by atoms with van der Waals surface area (Å²) in [4.78, 5) is 11.2. The molecule has 4 rings (SSSR count). The van der Waals surface area contributed by atoms with Gasteiger partial charge in [0, 0.05) is 38.1 Å². The van der Waals surface area contributed by atoms with E-state index < -0.39 is 0 Å². The largest absolute Gasteiger partial charge is 0.356 e. The fourth-order valence-corrected chi connectivity index (χ4v) is 5.93. The fourth-order valence-electron chi connectivity index (χ4n) is 5.19. The van der Waals surface area contributed by atoms with Gasteiger partial charge in [-0.2, -0.15) is 0 Å². The maximum absolute atomic E-state index is 4.60. The molecule has 0 aromatic carbocycles. The van der Waals surface area contributed by atoms with Gasteiger partial charge in [0.05, 0.1) is 0 Å². The van der Waals surface area contributed by atoms with Gasteiger partial charge in [-0.3, -0.25) is 9.89 Å². The van der Waals surface area contributed by atoms with Crippen LogP contribution in [0.4, 0.5) is 0 Å². The van der Waals surface area contributed by atoms with Crippen LogP contribution in [0.3, 0.4) is 0 Å². The Bertz CT molecular complexity index is 589. The lowest BCUT2D eigenvalue weighted by Gasteiger charge is -2.33. The molecule has 27 heavy (non-hydrogen) atoms. The third-order valence-electron chi connectivity index (χ3n) is 6.83. The lowest BCUT2D eigenvalue weighted by atomic mass is 9.86. The van der Waals surface area contributed by atoms with Gasteiger partial charge in [-0.25, -0.2) is 0 Å². The summed E-state index contributed by atoms with van der Waals surface area (Å²) in [6.45, 7) is 7.11. The fraction of sp³-hybridized carbons (Fsp3) is 0.762. The van der Waals surface area contributed by atoms with Crippen LogP contribution in [0.5, 0.6) is 0 Å². The number of piperidine rings is 1. The Balaban J connectivity index is 0.00000210. The van der Waals surface area contributed by atoms with E-state index >= 15 is 0 Å². The molecule has 0 atom stereocenters. The number of rotatable bonds is 4. The van der Waals surface area contributed by atoms with E-state index in [9.17, 15) is 0 Å². The second-order valence-corrected chi connectivity index (χ2v) is 9.64. The van der Waals surface area contributed by atoms with Gasteiger partial charge < -0.3 is 10.2 Å². The highest BCUT2D eigenvalue weighted by Crippen LogP contribution is 2.45. The lowest BCUT2D eigenvalue weighted by molar-refractivity contribution is 0.179. The van der Waals surface area contributed by atoms with Crippen molar-refractivity contribution in [2.45, 2.75) is 51.5 Å². The summed E-state index contributed by atoms with van der Waals surface area (Å²) in [6.07, 6.45) is 9.72. The van der Waals surface area contributed by atoms with E-state index in [1.807, 2.05) is 18.4 Å². The van der Waals surface area contributed by atoms with E-state index in [0.29, 0.717) is 5.41 Å². The Hall–Kier alpha value is -0.340. The molecule has 1 aliphatic carbocycles. The normalized spacial score (nSPS) is 23.7. The minimum Gasteiger partial charge on any atom is -0.356 e. The minimum absolute atomic E-state index is 0. The summed E-state index contributed by atoms with van der Waals surface area (Å²) in [5, 5.41) is 5.89. The second kappa shape index (κ2) is 9.92. The maximum Gasteiger partial charge on any atom is 0.193 e. The quantitative estimate of drug-likeness (QED) is 0.376. The molecule has 1 saturated carbocycles. The van der Waals surface area contributed by atoms with Crippen LogP contribution in [-0.4, -0.2) is 55.5 Å². The maximum atomic E-state index is 4.60. The Morgan fingerprint density at radius 3 is 2.67 bits per heavy atom. The standard InChI is InChI=1S/C21H34N4S.HI/c1-22-20(25-13-10-21(17-25)8-2-3-9-21)23-15-18-6-11-24(12-7-18)16-19-5-4-14-26-19;/h4-5,14,18H,2-3,6-13,15-17H2,1H3,(H,22,23);1H. The van der Waals surface area contributed by atoms with E-state index in [0.717, 1.165) is 25.0 Å². The molecule has 2 saturated heterocycles. The van der Waals surface area contributed by atoms with Gasteiger partial charge in [0.1, 0.15) is 0 Å². The zero-order chi connectivity index (χ0) is 17.8. The molecule has 152 valence electrons. The number of halogens is 1. The van der Waals surface area contributed by atoms with Crippen molar-refractivity contribution in [2.75, 3.05) is 39.8 Å². The van der Waals surface area contributed by atoms with E-state index in [1.165, 1.54) is 76.0 Å². The summed E-state index contributed by atoms with van der Waals surface area (Å²) in [5.41, 5.74) is 0.616. The average molecular weight is 503 g/mol. The molecule has 0 unspecified atom stereocenters. The van der Waals surface area contributed by atoms with E-state index in [1.54, 1.807) is 0 Å². The van der Waals surface area contributed by atoms with Crippen molar-refractivity contribution in [1.82, 2.24) is 15.1 Å². The molecular formula is C21H35IN4S. The zero-order valence-corrected chi connectivity index (χ0v) is 19.8.